The first-order chi connectivity index (χ1) is 20.5. The van der Waals surface area contributed by atoms with E-state index in [-0.39, 0.29) is 23.0 Å². The van der Waals surface area contributed by atoms with Gasteiger partial charge in [0.15, 0.2) is 0 Å². The van der Waals surface area contributed by atoms with Crippen LogP contribution in [-0.4, -0.2) is 40.5 Å². The number of allylic oxidation sites excluding steroid dienone is 12. The Morgan fingerprint density at radius 3 is 1.93 bits per heavy atom. The topological polar surface area (TPSA) is 108 Å². The van der Waals surface area contributed by atoms with E-state index in [1.54, 1.807) is 6.07 Å². The maximum absolute atomic E-state index is 12.3. The van der Waals surface area contributed by atoms with Crippen molar-refractivity contribution in [3.8, 4) is 0 Å². The molecule has 1 heterocycles. The van der Waals surface area contributed by atoms with Gasteiger partial charge in [-0.15, -0.1) is 0 Å². The Balaban J connectivity index is 2.07. The summed E-state index contributed by atoms with van der Waals surface area (Å²) in [5.41, 5.74) is 0.129. The molecule has 1 aromatic rings. The molecule has 0 fully saturated rings. The lowest BCUT2D eigenvalue weighted by Crippen LogP contribution is -2.41. The third-order valence-corrected chi connectivity index (χ3v) is 6.28. The fourth-order valence-electron chi connectivity index (χ4n) is 3.69. The Morgan fingerprint density at radius 1 is 0.857 bits per heavy atom. The molecule has 0 unspecified atom stereocenters. The zero-order valence-corrected chi connectivity index (χ0v) is 25.5. The van der Waals surface area contributed by atoms with E-state index in [1.165, 1.54) is 12.3 Å². The average molecular weight is 596 g/mol. The lowest BCUT2D eigenvalue weighted by atomic mass is 10.1. The van der Waals surface area contributed by atoms with Gasteiger partial charge in [-0.25, -0.2) is 9.78 Å². The number of carbonyl (C=O) groups is 3. The lowest BCUT2D eigenvalue weighted by Gasteiger charge is -2.15. The standard InChI is InChI=1S/C34H46ClN3O4/c1-2-3-4-5-6-7-8-9-10-11-12-13-14-15-16-17-18-19-20-26-31(39)36-27-22-21-25-30(34(41)42)38-33(40)29-24-23-28-37-32(29)35/h3-4,6-7,9-10,12-13,15-16,18-19,23-24,28,30H,2,5,8,11,14,17,20-22,25-27H2,1H3,(H,36,39)(H,38,40)(H,41,42)/t30-/m0/s1. The molecule has 7 nitrogen and oxygen atoms in total. The summed E-state index contributed by atoms with van der Waals surface area (Å²) in [7, 11) is 0. The molecular formula is C34H46ClN3O4. The summed E-state index contributed by atoms with van der Waals surface area (Å²) in [4.78, 5) is 39.7. The monoisotopic (exact) mass is 595 g/mol. The quantitative estimate of drug-likeness (QED) is 0.0723. The van der Waals surface area contributed by atoms with Crippen molar-refractivity contribution in [2.24, 2.45) is 0 Å². The van der Waals surface area contributed by atoms with Gasteiger partial charge in [-0.2, -0.15) is 0 Å². The Hall–Kier alpha value is -3.71. The van der Waals surface area contributed by atoms with Gasteiger partial charge in [-0.3, -0.25) is 9.59 Å². The molecule has 0 aromatic carbocycles. The van der Waals surface area contributed by atoms with Gasteiger partial charge in [0.1, 0.15) is 11.2 Å². The highest BCUT2D eigenvalue weighted by Crippen LogP contribution is 2.12. The van der Waals surface area contributed by atoms with Gasteiger partial charge in [0.2, 0.25) is 5.91 Å². The van der Waals surface area contributed by atoms with E-state index in [0.29, 0.717) is 32.2 Å². The van der Waals surface area contributed by atoms with Gasteiger partial charge < -0.3 is 15.7 Å². The molecule has 1 atom stereocenters. The molecule has 0 saturated heterocycles. The number of amides is 2. The van der Waals surface area contributed by atoms with Gasteiger partial charge in [0.05, 0.1) is 5.56 Å². The maximum Gasteiger partial charge on any atom is 0.326 e. The molecule has 0 saturated carbocycles. The first kappa shape index (κ1) is 36.3. The third kappa shape index (κ3) is 19.4. The molecule has 0 aliphatic rings. The van der Waals surface area contributed by atoms with Crippen molar-refractivity contribution in [3.05, 3.63) is 102 Å². The summed E-state index contributed by atoms with van der Waals surface area (Å²) < 4.78 is 0. The number of nitrogens with zero attached hydrogens (tertiary/aromatic N) is 1. The van der Waals surface area contributed by atoms with E-state index in [1.807, 2.05) is 6.08 Å². The van der Waals surface area contributed by atoms with E-state index in [9.17, 15) is 19.5 Å². The van der Waals surface area contributed by atoms with Crippen molar-refractivity contribution in [1.82, 2.24) is 15.6 Å². The largest absolute Gasteiger partial charge is 0.480 e. The van der Waals surface area contributed by atoms with Crippen molar-refractivity contribution in [3.63, 3.8) is 0 Å². The van der Waals surface area contributed by atoms with Crippen LogP contribution >= 0.6 is 11.6 Å². The molecule has 1 rings (SSSR count). The van der Waals surface area contributed by atoms with Crippen molar-refractivity contribution in [2.75, 3.05) is 6.54 Å². The van der Waals surface area contributed by atoms with Crippen molar-refractivity contribution < 1.29 is 19.5 Å². The summed E-state index contributed by atoms with van der Waals surface area (Å²) in [5, 5.41) is 14.8. The predicted molar refractivity (Wildman–Crippen MR) is 172 cm³/mol. The Kier molecular flexibility index (Phi) is 21.6. The number of rotatable bonds is 22. The number of unbranched alkanes of at least 4 members (excludes halogenated alkanes) is 1. The van der Waals surface area contributed by atoms with Gasteiger partial charge in [0.25, 0.3) is 5.91 Å². The summed E-state index contributed by atoms with van der Waals surface area (Å²) >= 11 is 5.90. The molecule has 0 aliphatic heterocycles. The van der Waals surface area contributed by atoms with E-state index < -0.39 is 17.9 Å². The summed E-state index contributed by atoms with van der Waals surface area (Å²) in [5.74, 6) is -1.74. The first-order valence-electron chi connectivity index (χ1n) is 14.8. The smallest absolute Gasteiger partial charge is 0.326 e. The van der Waals surface area contributed by atoms with Crippen LogP contribution in [0.2, 0.25) is 5.15 Å². The number of hydrogen-bond acceptors (Lipinski definition) is 4. The van der Waals surface area contributed by atoms with Crippen LogP contribution < -0.4 is 10.6 Å². The Labute approximate surface area is 256 Å². The number of carboxylic acid groups (broad SMARTS) is 1. The number of aliphatic carboxylic acids is 1. The lowest BCUT2D eigenvalue weighted by molar-refractivity contribution is -0.139. The van der Waals surface area contributed by atoms with Crippen LogP contribution in [0.15, 0.2) is 91.2 Å². The van der Waals surface area contributed by atoms with Crippen LogP contribution in [0, 0.1) is 0 Å². The SMILES string of the molecule is CCC=CCC=CCC=CCC=CCC=CCC=CCCC(=O)NCCCC[C@H](NC(=O)c1cccnc1Cl)C(=O)O. The van der Waals surface area contributed by atoms with E-state index >= 15 is 0 Å². The number of hydrogen-bond donors (Lipinski definition) is 3. The van der Waals surface area contributed by atoms with Crippen LogP contribution in [-0.2, 0) is 9.59 Å². The molecule has 42 heavy (non-hydrogen) atoms. The number of carbonyl (C=O) groups excluding carboxylic acids is 2. The zero-order valence-electron chi connectivity index (χ0n) is 24.7. The molecule has 0 bridgehead atoms. The molecule has 0 radical (unpaired) electrons. The average Bonchev–Trinajstić information content (AvgIpc) is 2.97. The van der Waals surface area contributed by atoms with E-state index in [4.69, 9.17) is 11.6 Å². The normalized spacial score (nSPS) is 12.9. The van der Waals surface area contributed by atoms with Gasteiger partial charge in [-0.05, 0) is 76.3 Å². The van der Waals surface area contributed by atoms with E-state index in [0.717, 1.165) is 38.5 Å². The Bertz CT molecular complexity index is 1110. The number of halogens is 1. The van der Waals surface area contributed by atoms with E-state index in [2.05, 4.69) is 89.4 Å². The molecule has 1 aromatic heterocycles. The van der Waals surface area contributed by atoms with Crippen LogP contribution in [0.4, 0.5) is 0 Å². The van der Waals surface area contributed by atoms with Crippen LogP contribution in [0.25, 0.3) is 0 Å². The predicted octanol–water partition coefficient (Wildman–Crippen LogP) is 7.68. The number of nitrogens with one attached hydrogen (secondary N) is 2. The van der Waals surface area contributed by atoms with Crippen molar-refractivity contribution in [1.29, 1.82) is 0 Å². The minimum absolute atomic E-state index is 0.0193. The Morgan fingerprint density at radius 2 is 1.40 bits per heavy atom. The highest BCUT2D eigenvalue weighted by Gasteiger charge is 2.21. The van der Waals surface area contributed by atoms with Gasteiger partial charge in [-0.1, -0.05) is 91.4 Å². The van der Waals surface area contributed by atoms with Crippen molar-refractivity contribution in [2.45, 2.75) is 83.6 Å². The van der Waals surface area contributed by atoms with Crippen LogP contribution in [0.1, 0.15) is 87.9 Å². The molecule has 0 spiro atoms. The number of carboxylic acids is 1. The fourth-order valence-corrected chi connectivity index (χ4v) is 3.90. The van der Waals surface area contributed by atoms with Gasteiger partial charge >= 0.3 is 5.97 Å². The molecule has 228 valence electrons. The van der Waals surface area contributed by atoms with Gasteiger partial charge in [0, 0.05) is 19.2 Å². The maximum atomic E-state index is 12.3. The molecular weight excluding hydrogens is 550 g/mol. The summed E-state index contributed by atoms with van der Waals surface area (Å²) in [6.45, 7) is 2.60. The fraction of sp³-hybridized carbons (Fsp3) is 0.412. The second-order valence-electron chi connectivity index (χ2n) is 9.51. The molecule has 8 heteroatoms. The zero-order chi connectivity index (χ0) is 30.7. The first-order valence-corrected chi connectivity index (χ1v) is 15.1. The minimum atomic E-state index is -1.12. The minimum Gasteiger partial charge on any atom is -0.480 e. The van der Waals surface area contributed by atoms with Crippen molar-refractivity contribution >= 4 is 29.4 Å². The molecule has 2 amide bonds. The van der Waals surface area contributed by atoms with Crippen LogP contribution in [0.5, 0.6) is 0 Å². The summed E-state index contributed by atoms with van der Waals surface area (Å²) in [6, 6.07) is 2.00. The second kappa shape index (κ2) is 25.0. The molecule has 3 N–H and O–H groups in total. The highest BCUT2D eigenvalue weighted by molar-refractivity contribution is 6.32. The second-order valence-corrected chi connectivity index (χ2v) is 9.86. The number of pyridine rings is 1. The third-order valence-electron chi connectivity index (χ3n) is 5.98. The summed E-state index contributed by atoms with van der Waals surface area (Å²) in [6.07, 6.45) is 35.5. The highest BCUT2D eigenvalue weighted by atomic mass is 35.5. The molecule has 0 aliphatic carbocycles. The number of aromatic nitrogens is 1. The van der Waals surface area contributed by atoms with Crippen LogP contribution in [0.3, 0.4) is 0 Å².